The molecule has 2 N–H and O–H groups in total. The van der Waals surface area contributed by atoms with Crippen molar-refractivity contribution >= 4 is 34.3 Å². The van der Waals surface area contributed by atoms with E-state index in [1.807, 2.05) is 6.33 Å². The number of ether oxygens (including phenoxy) is 1. The summed E-state index contributed by atoms with van der Waals surface area (Å²) in [5.41, 5.74) is 3.97. The summed E-state index contributed by atoms with van der Waals surface area (Å²) in [7, 11) is 4.27. The highest BCUT2D eigenvalue weighted by Crippen LogP contribution is 2.33. The van der Waals surface area contributed by atoms with Gasteiger partial charge in [-0.05, 0) is 70.6 Å². The molecule has 0 amide bonds. The first-order chi connectivity index (χ1) is 18.2. The molecule has 0 atom stereocenters. The molecule has 5 rings (SSSR count). The van der Waals surface area contributed by atoms with Crippen LogP contribution in [0, 0.1) is 0 Å². The number of nitrogens with zero attached hydrogens (tertiary/aromatic N) is 6. The number of nitrogens with one attached hydrogen (secondary N) is 2. The third-order valence-corrected chi connectivity index (χ3v) is 7.46. The maximum Gasteiger partial charge on any atom is 0.226 e. The minimum Gasteiger partial charge on any atom is -0.378 e. The van der Waals surface area contributed by atoms with Crippen LogP contribution < -0.4 is 15.5 Å². The van der Waals surface area contributed by atoms with Crippen molar-refractivity contribution in [2.75, 3.05) is 69.0 Å². The van der Waals surface area contributed by atoms with Crippen molar-refractivity contribution in [2.24, 2.45) is 0 Å². The van der Waals surface area contributed by atoms with Gasteiger partial charge in [0.1, 0.15) is 0 Å². The highest BCUT2D eigenvalue weighted by Gasteiger charge is 2.22. The number of imidazole rings is 1. The molecule has 3 heterocycles. The van der Waals surface area contributed by atoms with E-state index in [9.17, 15) is 0 Å². The molecule has 9 heteroatoms. The fourth-order valence-corrected chi connectivity index (χ4v) is 5.35. The predicted molar refractivity (Wildman–Crippen MR) is 151 cm³/mol. The van der Waals surface area contributed by atoms with Crippen LogP contribution in [0.3, 0.4) is 0 Å². The van der Waals surface area contributed by atoms with Crippen molar-refractivity contribution < 1.29 is 4.74 Å². The van der Waals surface area contributed by atoms with Crippen molar-refractivity contribution in [1.29, 1.82) is 0 Å². The zero-order valence-electron chi connectivity index (χ0n) is 22.5. The molecule has 0 unspecified atom stereocenters. The van der Waals surface area contributed by atoms with Gasteiger partial charge in [0.2, 0.25) is 5.95 Å². The van der Waals surface area contributed by atoms with Gasteiger partial charge in [-0.2, -0.15) is 9.97 Å². The Labute approximate surface area is 220 Å². The Balaban J connectivity index is 1.30. The highest BCUT2D eigenvalue weighted by atomic mass is 16.5. The quantitative estimate of drug-likeness (QED) is 0.330. The standard InChI is InChI=1S/C28H42N8O/c1-34(2)16-8-4-3-7-15-29-28-32-26(25-27(33-28)36(21-30-25)24-9-5-6-10-24)31-22-11-13-23(14-12-22)35-17-19-37-20-18-35/h11-14,21,24H,3-10,15-20H2,1-2H3,(H2,29,31,32,33). The molecule has 2 fully saturated rings. The van der Waals surface area contributed by atoms with Gasteiger partial charge in [-0.15, -0.1) is 0 Å². The largest absolute Gasteiger partial charge is 0.378 e. The van der Waals surface area contributed by atoms with E-state index in [1.165, 1.54) is 50.6 Å². The van der Waals surface area contributed by atoms with Crippen molar-refractivity contribution in [3.8, 4) is 0 Å². The van der Waals surface area contributed by atoms with E-state index in [1.54, 1.807) is 0 Å². The number of aromatic nitrogens is 4. The van der Waals surface area contributed by atoms with Crippen molar-refractivity contribution in [1.82, 2.24) is 24.4 Å². The van der Waals surface area contributed by atoms with E-state index in [4.69, 9.17) is 19.7 Å². The number of morpholine rings is 1. The Morgan fingerprint density at radius 3 is 2.49 bits per heavy atom. The molecule has 9 nitrogen and oxygen atoms in total. The Morgan fingerprint density at radius 1 is 0.973 bits per heavy atom. The van der Waals surface area contributed by atoms with E-state index >= 15 is 0 Å². The first-order valence-corrected chi connectivity index (χ1v) is 14.0. The van der Waals surface area contributed by atoms with Gasteiger partial charge < -0.3 is 29.7 Å². The third kappa shape index (κ3) is 6.70. The van der Waals surface area contributed by atoms with Gasteiger partial charge in [0, 0.05) is 37.1 Å². The van der Waals surface area contributed by atoms with Gasteiger partial charge in [0.25, 0.3) is 0 Å². The molecule has 1 saturated carbocycles. The lowest BCUT2D eigenvalue weighted by atomic mass is 10.2. The maximum atomic E-state index is 5.49. The number of benzene rings is 1. The molecule has 0 bridgehead atoms. The van der Waals surface area contributed by atoms with Gasteiger partial charge >= 0.3 is 0 Å². The first-order valence-electron chi connectivity index (χ1n) is 14.0. The second kappa shape index (κ2) is 12.6. The lowest BCUT2D eigenvalue weighted by molar-refractivity contribution is 0.122. The molecular weight excluding hydrogens is 464 g/mol. The molecule has 1 aliphatic carbocycles. The second-order valence-corrected chi connectivity index (χ2v) is 10.6. The number of anilines is 4. The molecule has 2 aromatic heterocycles. The average molecular weight is 507 g/mol. The summed E-state index contributed by atoms with van der Waals surface area (Å²) in [5, 5.41) is 7.03. The monoisotopic (exact) mass is 506 g/mol. The van der Waals surface area contributed by atoms with Crippen LogP contribution in [0.15, 0.2) is 30.6 Å². The van der Waals surface area contributed by atoms with Crippen LogP contribution in [0.2, 0.25) is 0 Å². The number of rotatable bonds is 12. The summed E-state index contributed by atoms with van der Waals surface area (Å²) in [4.78, 5) is 19.2. The number of unbranched alkanes of at least 4 members (excludes halogenated alkanes) is 3. The smallest absolute Gasteiger partial charge is 0.226 e. The van der Waals surface area contributed by atoms with Crippen LogP contribution in [0.25, 0.3) is 11.2 Å². The topological polar surface area (TPSA) is 83.4 Å². The van der Waals surface area contributed by atoms with Crippen LogP contribution >= 0.6 is 0 Å². The zero-order valence-corrected chi connectivity index (χ0v) is 22.5. The van der Waals surface area contributed by atoms with E-state index in [0.717, 1.165) is 68.5 Å². The van der Waals surface area contributed by atoms with Crippen LogP contribution in [-0.4, -0.2) is 77.9 Å². The fourth-order valence-electron chi connectivity index (χ4n) is 5.35. The predicted octanol–water partition coefficient (Wildman–Crippen LogP) is 5.06. The highest BCUT2D eigenvalue weighted by molar-refractivity contribution is 5.86. The first kappa shape index (κ1) is 25.7. The lowest BCUT2D eigenvalue weighted by Crippen LogP contribution is -2.36. The van der Waals surface area contributed by atoms with Gasteiger partial charge in [-0.25, -0.2) is 4.98 Å². The maximum absolute atomic E-state index is 5.49. The Morgan fingerprint density at radius 2 is 1.73 bits per heavy atom. The van der Waals surface area contributed by atoms with Crippen LogP contribution in [0.1, 0.15) is 57.4 Å². The molecule has 3 aromatic rings. The fraction of sp³-hybridized carbons (Fsp3) is 0.607. The van der Waals surface area contributed by atoms with Gasteiger partial charge in [-0.3, -0.25) is 0 Å². The molecule has 37 heavy (non-hydrogen) atoms. The van der Waals surface area contributed by atoms with Crippen molar-refractivity contribution in [3.05, 3.63) is 30.6 Å². The minimum absolute atomic E-state index is 0.477. The molecule has 0 radical (unpaired) electrons. The molecular formula is C28H42N8O. The van der Waals surface area contributed by atoms with Gasteiger partial charge in [0.05, 0.1) is 19.5 Å². The summed E-state index contributed by atoms with van der Waals surface area (Å²) >= 11 is 0. The summed E-state index contributed by atoms with van der Waals surface area (Å²) < 4.78 is 7.76. The number of hydrogen-bond donors (Lipinski definition) is 2. The lowest BCUT2D eigenvalue weighted by Gasteiger charge is -2.28. The average Bonchev–Trinajstić information content (AvgIpc) is 3.59. The summed E-state index contributed by atoms with van der Waals surface area (Å²) in [6, 6.07) is 9.04. The number of hydrogen-bond acceptors (Lipinski definition) is 8. The Bertz CT molecular complexity index is 1120. The Hall–Kier alpha value is -2.91. The van der Waals surface area contributed by atoms with Crippen molar-refractivity contribution in [3.63, 3.8) is 0 Å². The SMILES string of the molecule is CN(C)CCCCCCNc1nc(Nc2ccc(N3CCOCC3)cc2)c2ncn(C3CCCC3)c2n1. The third-order valence-electron chi connectivity index (χ3n) is 7.46. The molecule has 2 aliphatic rings. The van der Waals surface area contributed by atoms with Gasteiger partial charge in [0.15, 0.2) is 17.0 Å². The van der Waals surface area contributed by atoms with E-state index in [0.29, 0.717) is 12.0 Å². The molecule has 1 saturated heterocycles. The van der Waals surface area contributed by atoms with Crippen molar-refractivity contribution in [2.45, 2.75) is 57.4 Å². The molecule has 200 valence electrons. The van der Waals surface area contributed by atoms with Crippen LogP contribution in [0.4, 0.5) is 23.1 Å². The Kier molecular flexibility index (Phi) is 8.73. The van der Waals surface area contributed by atoms with E-state index in [2.05, 4.69) is 63.4 Å². The molecule has 0 spiro atoms. The minimum atomic E-state index is 0.477. The van der Waals surface area contributed by atoms with E-state index in [-0.39, 0.29) is 0 Å². The second-order valence-electron chi connectivity index (χ2n) is 10.6. The molecule has 1 aliphatic heterocycles. The summed E-state index contributed by atoms with van der Waals surface area (Å²) in [5.74, 6) is 1.43. The number of fused-ring (bicyclic) bond motifs is 1. The molecule has 1 aromatic carbocycles. The van der Waals surface area contributed by atoms with E-state index < -0.39 is 0 Å². The zero-order chi connectivity index (χ0) is 25.5. The normalized spacial score (nSPS) is 16.7. The summed E-state index contributed by atoms with van der Waals surface area (Å²) in [6.07, 6.45) is 11.7. The van der Waals surface area contributed by atoms with Crippen LogP contribution in [-0.2, 0) is 4.74 Å². The summed E-state index contributed by atoms with van der Waals surface area (Å²) in [6.45, 7) is 5.47. The van der Waals surface area contributed by atoms with Crippen LogP contribution in [0.5, 0.6) is 0 Å². The van der Waals surface area contributed by atoms with Gasteiger partial charge in [-0.1, -0.05) is 25.7 Å².